The minimum absolute atomic E-state index is 0.114. The highest BCUT2D eigenvalue weighted by atomic mass is 16.3. The first-order valence-corrected chi connectivity index (χ1v) is 7.72. The molecule has 1 aliphatic heterocycles. The summed E-state index contributed by atoms with van der Waals surface area (Å²) in [6.07, 6.45) is 0.958. The molecule has 0 saturated carbocycles. The number of likely N-dealkylation sites (N-methyl/N-ethyl adjacent to an activating group) is 1. The molecule has 0 aliphatic carbocycles. The van der Waals surface area contributed by atoms with E-state index in [9.17, 15) is 0 Å². The zero-order valence-electron chi connectivity index (χ0n) is 13.5. The Hall–Kier alpha value is -0.840. The molecule has 1 saturated heterocycles. The summed E-state index contributed by atoms with van der Waals surface area (Å²) in [5.41, 5.74) is 6.40. The predicted molar refractivity (Wildman–Crippen MR) is 82.7 cm³/mol. The number of nitrogens with zero attached hydrogens (tertiary/aromatic N) is 2. The van der Waals surface area contributed by atoms with Crippen LogP contribution in [0.25, 0.3) is 0 Å². The molecule has 1 aromatic heterocycles. The molecule has 0 radical (unpaired) electrons. The lowest BCUT2D eigenvalue weighted by atomic mass is 9.98. The average Bonchev–Trinajstić information content (AvgIpc) is 2.82. The Morgan fingerprint density at radius 1 is 1.30 bits per heavy atom. The van der Waals surface area contributed by atoms with Gasteiger partial charge in [0.15, 0.2) is 0 Å². The lowest BCUT2D eigenvalue weighted by molar-refractivity contribution is 0.0190. The molecule has 114 valence electrons. The molecule has 4 nitrogen and oxygen atoms in total. The molecule has 1 aromatic rings. The van der Waals surface area contributed by atoms with E-state index >= 15 is 0 Å². The van der Waals surface area contributed by atoms with Gasteiger partial charge in [0.25, 0.3) is 0 Å². The zero-order valence-corrected chi connectivity index (χ0v) is 13.5. The highest BCUT2D eigenvalue weighted by molar-refractivity contribution is 5.13. The SMILES string of the molecule is CCC(N)C(c1ccc(C)o1)N1CC(C)N(C)C(C)C1. The fourth-order valence-corrected chi connectivity index (χ4v) is 3.17. The van der Waals surface area contributed by atoms with E-state index in [1.165, 1.54) is 0 Å². The number of piperazine rings is 1. The second-order valence-electron chi connectivity index (χ2n) is 6.28. The van der Waals surface area contributed by atoms with Gasteiger partial charge in [0.2, 0.25) is 0 Å². The van der Waals surface area contributed by atoms with Crippen LogP contribution >= 0.6 is 0 Å². The molecule has 2 rings (SSSR count). The second-order valence-corrected chi connectivity index (χ2v) is 6.28. The van der Waals surface area contributed by atoms with Gasteiger partial charge in [-0.3, -0.25) is 9.80 Å². The molecule has 0 aromatic carbocycles. The second kappa shape index (κ2) is 6.29. The predicted octanol–water partition coefficient (Wildman–Crippen LogP) is 2.39. The number of hydrogen-bond acceptors (Lipinski definition) is 4. The van der Waals surface area contributed by atoms with Gasteiger partial charge in [0.1, 0.15) is 11.5 Å². The van der Waals surface area contributed by atoms with Crippen molar-refractivity contribution in [3.05, 3.63) is 23.7 Å². The van der Waals surface area contributed by atoms with Crippen molar-refractivity contribution in [1.82, 2.24) is 9.80 Å². The van der Waals surface area contributed by atoms with Crippen LogP contribution in [0.15, 0.2) is 16.5 Å². The maximum Gasteiger partial charge on any atom is 0.122 e. The van der Waals surface area contributed by atoms with Crippen LogP contribution in [-0.2, 0) is 0 Å². The van der Waals surface area contributed by atoms with Crippen molar-refractivity contribution >= 4 is 0 Å². The number of furan rings is 1. The van der Waals surface area contributed by atoms with E-state index in [0.717, 1.165) is 31.0 Å². The van der Waals surface area contributed by atoms with Crippen LogP contribution in [0, 0.1) is 6.92 Å². The van der Waals surface area contributed by atoms with Gasteiger partial charge in [0.05, 0.1) is 6.04 Å². The standard InChI is InChI=1S/C16H29N3O/c1-6-14(17)16(15-8-7-13(4)20-15)19-9-11(2)18(5)12(3)10-19/h7-8,11-12,14,16H,6,9-10,17H2,1-5H3. The van der Waals surface area contributed by atoms with Crippen LogP contribution in [0.2, 0.25) is 0 Å². The molecule has 4 atom stereocenters. The van der Waals surface area contributed by atoms with Crippen LogP contribution < -0.4 is 5.73 Å². The maximum atomic E-state index is 6.40. The summed E-state index contributed by atoms with van der Waals surface area (Å²) in [6, 6.07) is 5.51. The monoisotopic (exact) mass is 279 g/mol. The third kappa shape index (κ3) is 3.08. The summed E-state index contributed by atoms with van der Waals surface area (Å²) < 4.78 is 5.88. The van der Waals surface area contributed by atoms with Gasteiger partial charge in [-0.1, -0.05) is 6.92 Å². The quantitative estimate of drug-likeness (QED) is 0.919. The fourth-order valence-electron chi connectivity index (χ4n) is 3.17. The van der Waals surface area contributed by atoms with Crippen molar-refractivity contribution in [1.29, 1.82) is 0 Å². The summed E-state index contributed by atoms with van der Waals surface area (Å²) in [4.78, 5) is 4.94. The third-order valence-corrected chi connectivity index (χ3v) is 4.71. The largest absolute Gasteiger partial charge is 0.465 e. The number of nitrogens with two attached hydrogens (primary N) is 1. The van der Waals surface area contributed by atoms with E-state index in [1.54, 1.807) is 0 Å². The minimum atomic E-state index is 0.114. The Bertz CT molecular complexity index is 419. The highest BCUT2D eigenvalue weighted by Crippen LogP contribution is 2.30. The van der Waals surface area contributed by atoms with Gasteiger partial charge >= 0.3 is 0 Å². The molecule has 1 aliphatic rings. The van der Waals surface area contributed by atoms with Crippen LogP contribution in [0.4, 0.5) is 0 Å². The highest BCUT2D eigenvalue weighted by Gasteiger charge is 2.35. The summed E-state index contributed by atoms with van der Waals surface area (Å²) in [5.74, 6) is 1.98. The van der Waals surface area contributed by atoms with Gasteiger partial charge in [-0.05, 0) is 46.4 Å². The summed E-state index contributed by atoms with van der Waals surface area (Å²) in [6.45, 7) is 10.8. The minimum Gasteiger partial charge on any atom is -0.465 e. The first kappa shape index (κ1) is 15.5. The summed E-state index contributed by atoms with van der Waals surface area (Å²) >= 11 is 0. The first-order chi connectivity index (χ1) is 9.43. The Kier molecular flexibility index (Phi) is 4.89. The van der Waals surface area contributed by atoms with Crippen molar-refractivity contribution in [2.24, 2.45) is 5.73 Å². The molecular weight excluding hydrogens is 250 g/mol. The fraction of sp³-hybridized carbons (Fsp3) is 0.750. The molecule has 0 bridgehead atoms. The Morgan fingerprint density at radius 3 is 2.35 bits per heavy atom. The van der Waals surface area contributed by atoms with Crippen molar-refractivity contribution < 1.29 is 4.42 Å². The third-order valence-electron chi connectivity index (χ3n) is 4.71. The van der Waals surface area contributed by atoms with Crippen molar-refractivity contribution in [2.75, 3.05) is 20.1 Å². The molecule has 4 unspecified atom stereocenters. The smallest absolute Gasteiger partial charge is 0.122 e. The topological polar surface area (TPSA) is 45.6 Å². The number of hydrogen-bond donors (Lipinski definition) is 1. The van der Waals surface area contributed by atoms with E-state index in [-0.39, 0.29) is 12.1 Å². The normalized spacial score (nSPS) is 28.5. The average molecular weight is 279 g/mol. The van der Waals surface area contributed by atoms with E-state index < -0.39 is 0 Å². The Morgan fingerprint density at radius 2 is 1.90 bits per heavy atom. The number of rotatable bonds is 4. The molecule has 0 spiro atoms. The van der Waals surface area contributed by atoms with Crippen molar-refractivity contribution in [2.45, 2.75) is 58.3 Å². The lowest BCUT2D eigenvalue weighted by Crippen LogP contribution is -2.57. The Labute approximate surface area is 122 Å². The molecule has 2 N–H and O–H groups in total. The molecule has 0 amide bonds. The zero-order chi connectivity index (χ0) is 14.9. The number of aryl methyl sites for hydroxylation is 1. The van der Waals surface area contributed by atoms with E-state index in [1.807, 2.05) is 13.0 Å². The first-order valence-electron chi connectivity index (χ1n) is 7.72. The van der Waals surface area contributed by atoms with Crippen LogP contribution in [0.3, 0.4) is 0 Å². The van der Waals surface area contributed by atoms with Crippen molar-refractivity contribution in [3.63, 3.8) is 0 Å². The van der Waals surface area contributed by atoms with Gasteiger partial charge in [-0.15, -0.1) is 0 Å². The van der Waals surface area contributed by atoms with E-state index in [2.05, 4.69) is 43.7 Å². The van der Waals surface area contributed by atoms with Crippen LogP contribution in [0.5, 0.6) is 0 Å². The maximum absolute atomic E-state index is 6.40. The summed E-state index contributed by atoms with van der Waals surface area (Å²) in [5, 5.41) is 0. The van der Waals surface area contributed by atoms with Gasteiger partial charge in [-0.2, -0.15) is 0 Å². The molecule has 20 heavy (non-hydrogen) atoms. The van der Waals surface area contributed by atoms with Crippen LogP contribution in [-0.4, -0.2) is 48.1 Å². The van der Waals surface area contributed by atoms with E-state index in [0.29, 0.717) is 12.1 Å². The van der Waals surface area contributed by atoms with Gasteiger partial charge in [-0.25, -0.2) is 0 Å². The van der Waals surface area contributed by atoms with Gasteiger partial charge in [0, 0.05) is 31.2 Å². The Balaban J connectivity index is 2.23. The molecule has 1 fully saturated rings. The lowest BCUT2D eigenvalue weighted by Gasteiger charge is -2.46. The summed E-state index contributed by atoms with van der Waals surface area (Å²) in [7, 11) is 2.21. The molecule has 2 heterocycles. The molecular formula is C16H29N3O. The van der Waals surface area contributed by atoms with E-state index in [4.69, 9.17) is 10.2 Å². The van der Waals surface area contributed by atoms with Crippen molar-refractivity contribution in [3.8, 4) is 0 Å². The van der Waals surface area contributed by atoms with Crippen LogP contribution in [0.1, 0.15) is 44.8 Å². The van der Waals surface area contributed by atoms with Gasteiger partial charge < -0.3 is 10.2 Å². The molecule has 4 heteroatoms.